The molecule has 7 heteroatoms. The molecule has 37 heavy (non-hydrogen) atoms. The van der Waals surface area contributed by atoms with E-state index in [1.54, 1.807) is 23.9 Å². The van der Waals surface area contributed by atoms with Crippen LogP contribution in [-0.2, 0) is 22.7 Å². The summed E-state index contributed by atoms with van der Waals surface area (Å²) in [7, 11) is 0. The molecular formula is C30H28ClFN2O2S. The van der Waals surface area contributed by atoms with E-state index in [0.717, 1.165) is 29.5 Å². The molecule has 3 atom stereocenters. The van der Waals surface area contributed by atoms with Crippen LogP contribution in [0.4, 0.5) is 4.39 Å². The van der Waals surface area contributed by atoms with E-state index in [-0.39, 0.29) is 34.8 Å². The van der Waals surface area contributed by atoms with Crippen molar-refractivity contribution in [2.45, 2.75) is 43.6 Å². The van der Waals surface area contributed by atoms with Crippen LogP contribution in [0, 0.1) is 11.7 Å². The Bertz CT molecular complexity index is 1300. The lowest BCUT2D eigenvalue weighted by molar-refractivity contribution is -0.133. The van der Waals surface area contributed by atoms with Gasteiger partial charge in [-0.05, 0) is 60.2 Å². The van der Waals surface area contributed by atoms with E-state index in [1.165, 1.54) is 12.1 Å². The summed E-state index contributed by atoms with van der Waals surface area (Å²) in [5.41, 5.74) is 2.72. The molecule has 2 amide bonds. The standard InChI is InChI=1S/C30H28ClFN2O2S/c31-25-9-5-4-8-23(25)18-33-29(35)22-12-15-27-26(17-22)34(19-21-10-13-24(32)14-11-21)30(36)28(37-27)16-20-6-2-1-3-7-20/h1-11,13-14,16,22,26-27H,12,15,17-19H2,(H,33,35)/b28-16-. The number of fused-ring (bicyclic) bond motifs is 1. The molecule has 5 rings (SSSR count). The van der Waals surface area contributed by atoms with Crippen LogP contribution < -0.4 is 5.32 Å². The van der Waals surface area contributed by atoms with Crippen molar-refractivity contribution in [1.82, 2.24) is 10.2 Å². The summed E-state index contributed by atoms with van der Waals surface area (Å²) in [4.78, 5) is 29.4. The predicted molar refractivity (Wildman–Crippen MR) is 147 cm³/mol. The van der Waals surface area contributed by atoms with Crippen LogP contribution in [0.1, 0.15) is 36.0 Å². The number of benzene rings is 3. The Kier molecular flexibility index (Phi) is 7.96. The number of rotatable bonds is 6. The quantitative estimate of drug-likeness (QED) is 0.370. The minimum Gasteiger partial charge on any atom is -0.352 e. The van der Waals surface area contributed by atoms with Gasteiger partial charge in [-0.3, -0.25) is 9.59 Å². The van der Waals surface area contributed by atoms with E-state index in [4.69, 9.17) is 11.6 Å². The van der Waals surface area contributed by atoms with Crippen LogP contribution in [0.25, 0.3) is 6.08 Å². The number of hydrogen-bond donors (Lipinski definition) is 1. The van der Waals surface area contributed by atoms with Gasteiger partial charge in [-0.15, -0.1) is 11.8 Å². The van der Waals surface area contributed by atoms with Crippen LogP contribution in [0.5, 0.6) is 0 Å². The Morgan fingerprint density at radius 1 is 1.03 bits per heavy atom. The van der Waals surface area contributed by atoms with Gasteiger partial charge in [-0.2, -0.15) is 0 Å². The molecule has 1 heterocycles. The molecule has 3 aromatic carbocycles. The van der Waals surface area contributed by atoms with E-state index in [1.807, 2.05) is 65.6 Å². The molecule has 3 unspecified atom stereocenters. The molecule has 3 aromatic rings. The molecule has 0 radical (unpaired) electrons. The first kappa shape index (κ1) is 25.6. The SMILES string of the molecule is O=C(NCc1ccccc1Cl)C1CCC2S/C(=C\c3ccccc3)C(=O)N(Cc3ccc(F)cc3)C2C1. The minimum atomic E-state index is -0.306. The van der Waals surface area contributed by atoms with Crippen molar-refractivity contribution < 1.29 is 14.0 Å². The fourth-order valence-corrected chi connectivity index (χ4v) is 6.69. The third kappa shape index (κ3) is 6.08. The zero-order valence-corrected chi connectivity index (χ0v) is 21.9. The maximum atomic E-state index is 13.7. The van der Waals surface area contributed by atoms with Crippen LogP contribution in [0.2, 0.25) is 5.02 Å². The molecule has 1 N–H and O–H groups in total. The normalized spacial score (nSPS) is 22.5. The second-order valence-electron chi connectivity index (χ2n) is 9.52. The fraction of sp³-hybridized carbons (Fsp3) is 0.267. The lowest BCUT2D eigenvalue weighted by Crippen LogP contribution is -2.53. The van der Waals surface area contributed by atoms with E-state index in [2.05, 4.69) is 5.32 Å². The lowest BCUT2D eigenvalue weighted by atomic mass is 9.83. The molecule has 1 saturated heterocycles. The summed E-state index contributed by atoms with van der Waals surface area (Å²) in [6, 6.07) is 23.5. The summed E-state index contributed by atoms with van der Waals surface area (Å²) in [6.45, 7) is 0.751. The average molecular weight is 535 g/mol. The average Bonchev–Trinajstić information content (AvgIpc) is 2.92. The highest BCUT2D eigenvalue weighted by Gasteiger charge is 2.44. The number of nitrogens with one attached hydrogen (secondary N) is 1. The van der Waals surface area contributed by atoms with Gasteiger partial charge in [0, 0.05) is 35.3 Å². The number of carbonyl (C=O) groups is 2. The first-order valence-corrected chi connectivity index (χ1v) is 13.7. The minimum absolute atomic E-state index is 0.0109. The van der Waals surface area contributed by atoms with Crippen molar-refractivity contribution in [2.75, 3.05) is 0 Å². The molecule has 1 aliphatic carbocycles. The monoisotopic (exact) mass is 534 g/mol. The zero-order chi connectivity index (χ0) is 25.8. The second kappa shape index (κ2) is 11.5. The number of hydrogen-bond acceptors (Lipinski definition) is 3. The number of nitrogens with zero attached hydrogens (tertiary/aromatic N) is 1. The third-order valence-corrected chi connectivity index (χ3v) is 8.82. The van der Waals surface area contributed by atoms with Gasteiger partial charge < -0.3 is 10.2 Å². The highest BCUT2D eigenvalue weighted by atomic mass is 35.5. The Hall–Kier alpha value is -3.09. The lowest BCUT2D eigenvalue weighted by Gasteiger charge is -2.46. The number of thioether (sulfide) groups is 1. The van der Waals surface area contributed by atoms with Gasteiger partial charge in [-0.1, -0.05) is 72.3 Å². The maximum Gasteiger partial charge on any atom is 0.260 e. The van der Waals surface area contributed by atoms with Crippen molar-refractivity contribution in [2.24, 2.45) is 5.92 Å². The van der Waals surface area contributed by atoms with E-state index in [0.29, 0.717) is 29.4 Å². The number of amides is 2. The molecule has 0 spiro atoms. The highest BCUT2D eigenvalue weighted by Crippen LogP contribution is 2.44. The van der Waals surface area contributed by atoms with E-state index in [9.17, 15) is 14.0 Å². The van der Waals surface area contributed by atoms with E-state index >= 15 is 0 Å². The van der Waals surface area contributed by atoms with Crippen molar-refractivity contribution in [3.05, 3.63) is 111 Å². The second-order valence-corrected chi connectivity index (χ2v) is 11.2. The van der Waals surface area contributed by atoms with Crippen LogP contribution in [-0.4, -0.2) is 28.0 Å². The summed E-state index contributed by atoms with van der Waals surface area (Å²) in [6.07, 6.45) is 4.14. The number of carbonyl (C=O) groups excluding carboxylic acids is 2. The van der Waals surface area contributed by atoms with Crippen LogP contribution >= 0.6 is 23.4 Å². The molecule has 2 aliphatic rings. The largest absolute Gasteiger partial charge is 0.352 e. The van der Waals surface area contributed by atoms with Crippen molar-refractivity contribution >= 4 is 41.3 Å². The molecule has 0 aromatic heterocycles. The van der Waals surface area contributed by atoms with Gasteiger partial charge in [0.25, 0.3) is 5.91 Å². The third-order valence-electron chi connectivity index (χ3n) is 7.05. The summed E-state index contributed by atoms with van der Waals surface area (Å²) < 4.78 is 13.5. The van der Waals surface area contributed by atoms with E-state index < -0.39 is 0 Å². The fourth-order valence-electron chi connectivity index (χ4n) is 5.07. The van der Waals surface area contributed by atoms with Gasteiger partial charge >= 0.3 is 0 Å². The Morgan fingerprint density at radius 2 is 1.76 bits per heavy atom. The van der Waals surface area contributed by atoms with Crippen molar-refractivity contribution in [3.8, 4) is 0 Å². The van der Waals surface area contributed by atoms with Crippen LogP contribution in [0.3, 0.4) is 0 Å². The summed E-state index contributed by atoms with van der Waals surface area (Å²) in [5, 5.41) is 3.87. The smallest absolute Gasteiger partial charge is 0.260 e. The first-order chi connectivity index (χ1) is 18.0. The highest BCUT2D eigenvalue weighted by molar-refractivity contribution is 8.04. The number of halogens is 2. The molecule has 0 bridgehead atoms. The molecule has 1 saturated carbocycles. The van der Waals surface area contributed by atoms with Crippen molar-refractivity contribution in [3.63, 3.8) is 0 Å². The van der Waals surface area contributed by atoms with Gasteiger partial charge in [0.05, 0.1) is 4.91 Å². The van der Waals surface area contributed by atoms with Gasteiger partial charge in [0.1, 0.15) is 5.82 Å². The Morgan fingerprint density at radius 3 is 2.51 bits per heavy atom. The van der Waals surface area contributed by atoms with Crippen molar-refractivity contribution in [1.29, 1.82) is 0 Å². The zero-order valence-electron chi connectivity index (χ0n) is 20.3. The molecule has 190 valence electrons. The topological polar surface area (TPSA) is 49.4 Å². The molecule has 2 fully saturated rings. The molecular weight excluding hydrogens is 507 g/mol. The first-order valence-electron chi connectivity index (χ1n) is 12.5. The Balaban J connectivity index is 1.35. The summed E-state index contributed by atoms with van der Waals surface area (Å²) in [5.74, 6) is -0.549. The van der Waals surface area contributed by atoms with Gasteiger partial charge in [-0.25, -0.2) is 4.39 Å². The van der Waals surface area contributed by atoms with Crippen LogP contribution in [0.15, 0.2) is 83.8 Å². The molecule has 4 nitrogen and oxygen atoms in total. The van der Waals surface area contributed by atoms with Gasteiger partial charge in [0.15, 0.2) is 0 Å². The predicted octanol–water partition coefficient (Wildman–Crippen LogP) is 6.45. The Labute approximate surface area is 225 Å². The van der Waals surface area contributed by atoms with Gasteiger partial charge in [0.2, 0.25) is 5.91 Å². The maximum absolute atomic E-state index is 13.7. The molecule has 1 aliphatic heterocycles. The summed E-state index contributed by atoms with van der Waals surface area (Å²) >= 11 is 7.87.